The molecule has 2 amide bonds. The van der Waals surface area contributed by atoms with E-state index in [0.29, 0.717) is 6.04 Å². The Balaban J connectivity index is 1.60. The van der Waals surface area contributed by atoms with Crippen LogP contribution in [0.5, 0.6) is 0 Å². The average Bonchev–Trinajstić information content (AvgIpc) is 2.56. The summed E-state index contributed by atoms with van der Waals surface area (Å²) in [6.07, 6.45) is 5.50. The van der Waals surface area contributed by atoms with Crippen molar-refractivity contribution in [3.05, 3.63) is 29.8 Å². The lowest BCUT2D eigenvalue weighted by molar-refractivity contribution is -0.129. The van der Waals surface area contributed by atoms with Crippen molar-refractivity contribution in [3.63, 3.8) is 0 Å². The third kappa shape index (κ3) is 3.72. The van der Waals surface area contributed by atoms with E-state index in [1.54, 1.807) is 0 Å². The number of nitrogens with one attached hydrogen (secondary N) is 3. The van der Waals surface area contributed by atoms with E-state index in [4.69, 9.17) is 0 Å². The molecule has 2 aliphatic rings. The maximum atomic E-state index is 12.3. The van der Waals surface area contributed by atoms with Gasteiger partial charge in [-0.2, -0.15) is 0 Å². The third-order valence-corrected chi connectivity index (χ3v) is 4.89. The van der Waals surface area contributed by atoms with Gasteiger partial charge in [0.2, 0.25) is 11.8 Å². The number of amides is 2. The van der Waals surface area contributed by atoms with Crippen LogP contribution in [0.1, 0.15) is 44.6 Å². The molecule has 0 radical (unpaired) electrons. The molecule has 5 nitrogen and oxygen atoms in total. The van der Waals surface area contributed by atoms with E-state index in [0.717, 1.165) is 30.5 Å². The maximum Gasteiger partial charge on any atom is 0.237 e. The fourth-order valence-corrected chi connectivity index (χ4v) is 3.61. The van der Waals surface area contributed by atoms with Gasteiger partial charge in [0.15, 0.2) is 0 Å². The Morgan fingerprint density at radius 2 is 1.96 bits per heavy atom. The van der Waals surface area contributed by atoms with Crippen LogP contribution in [0.2, 0.25) is 0 Å². The highest BCUT2D eigenvalue weighted by atomic mass is 16.2. The molecule has 0 spiro atoms. The molecule has 1 saturated carbocycles. The van der Waals surface area contributed by atoms with E-state index in [1.807, 2.05) is 24.3 Å². The SMILES string of the molecule is CCc1ccccc1NC(=O)C[C@@H]1N[C@H]2CCCC[C@H]2NC1=O. The first kappa shape index (κ1) is 16.0. The van der Waals surface area contributed by atoms with Gasteiger partial charge in [0, 0.05) is 17.8 Å². The average molecular weight is 315 g/mol. The van der Waals surface area contributed by atoms with E-state index in [1.165, 1.54) is 12.8 Å². The van der Waals surface area contributed by atoms with Gasteiger partial charge in [0.1, 0.15) is 0 Å². The molecule has 1 saturated heterocycles. The van der Waals surface area contributed by atoms with Crippen molar-refractivity contribution >= 4 is 17.5 Å². The van der Waals surface area contributed by atoms with Gasteiger partial charge < -0.3 is 16.0 Å². The number of para-hydroxylation sites is 1. The van der Waals surface area contributed by atoms with Crippen molar-refractivity contribution < 1.29 is 9.59 Å². The molecule has 3 rings (SSSR count). The number of piperazine rings is 1. The molecule has 0 bridgehead atoms. The molecular formula is C18H25N3O2. The number of carbonyl (C=O) groups excluding carboxylic acids is 2. The minimum absolute atomic E-state index is 0.0490. The topological polar surface area (TPSA) is 70.2 Å². The van der Waals surface area contributed by atoms with E-state index in [2.05, 4.69) is 22.9 Å². The van der Waals surface area contributed by atoms with Crippen LogP contribution in [0.15, 0.2) is 24.3 Å². The lowest BCUT2D eigenvalue weighted by Crippen LogP contribution is -2.65. The van der Waals surface area contributed by atoms with Gasteiger partial charge in [0.05, 0.1) is 12.5 Å². The van der Waals surface area contributed by atoms with Gasteiger partial charge in [-0.1, -0.05) is 38.0 Å². The van der Waals surface area contributed by atoms with Crippen LogP contribution in [-0.2, 0) is 16.0 Å². The number of fused-ring (bicyclic) bond motifs is 1. The van der Waals surface area contributed by atoms with Gasteiger partial charge in [0.25, 0.3) is 0 Å². The maximum absolute atomic E-state index is 12.3. The highest BCUT2D eigenvalue weighted by molar-refractivity contribution is 5.96. The quantitative estimate of drug-likeness (QED) is 0.795. The molecule has 1 aromatic carbocycles. The van der Waals surface area contributed by atoms with Crippen LogP contribution >= 0.6 is 0 Å². The zero-order valence-electron chi connectivity index (χ0n) is 13.6. The summed E-state index contributed by atoms with van der Waals surface area (Å²) in [5.74, 6) is -0.167. The van der Waals surface area contributed by atoms with Crippen molar-refractivity contribution in [1.29, 1.82) is 0 Å². The summed E-state index contributed by atoms with van der Waals surface area (Å²) >= 11 is 0. The normalized spacial score (nSPS) is 27.0. The van der Waals surface area contributed by atoms with Gasteiger partial charge >= 0.3 is 0 Å². The molecule has 2 fully saturated rings. The van der Waals surface area contributed by atoms with Gasteiger partial charge in [-0.05, 0) is 30.9 Å². The van der Waals surface area contributed by atoms with Crippen LogP contribution in [0.3, 0.4) is 0 Å². The first-order valence-corrected chi connectivity index (χ1v) is 8.61. The molecule has 3 atom stereocenters. The number of aryl methyl sites for hydroxylation is 1. The van der Waals surface area contributed by atoms with Crippen LogP contribution < -0.4 is 16.0 Å². The Labute approximate surface area is 137 Å². The highest BCUT2D eigenvalue weighted by Crippen LogP contribution is 2.22. The number of rotatable bonds is 4. The fourth-order valence-electron chi connectivity index (χ4n) is 3.61. The van der Waals surface area contributed by atoms with Crippen LogP contribution in [0, 0.1) is 0 Å². The lowest BCUT2D eigenvalue weighted by atomic mass is 9.87. The second kappa shape index (κ2) is 7.13. The van der Waals surface area contributed by atoms with E-state index in [-0.39, 0.29) is 24.3 Å². The van der Waals surface area contributed by atoms with Gasteiger partial charge in [-0.15, -0.1) is 0 Å². The highest BCUT2D eigenvalue weighted by Gasteiger charge is 2.36. The molecule has 3 N–H and O–H groups in total. The second-order valence-electron chi connectivity index (χ2n) is 6.49. The summed E-state index contributed by atoms with van der Waals surface area (Å²) < 4.78 is 0. The summed E-state index contributed by atoms with van der Waals surface area (Å²) in [6.45, 7) is 2.06. The van der Waals surface area contributed by atoms with E-state index >= 15 is 0 Å². The largest absolute Gasteiger partial charge is 0.350 e. The zero-order valence-corrected chi connectivity index (χ0v) is 13.6. The number of carbonyl (C=O) groups is 2. The molecule has 1 aliphatic carbocycles. The number of hydrogen-bond acceptors (Lipinski definition) is 3. The van der Waals surface area contributed by atoms with Crippen molar-refractivity contribution in [2.45, 2.75) is 63.6 Å². The molecule has 23 heavy (non-hydrogen) atoms. The second-order valence-corrected chi connectivity index (χ2v) is 6.49. The first-order valence-electron chi connectivity index (χ1n) is 8.61. The lowest BCUT2D eigenvalue weighted by Gasteiger charge is -2.40. The van der Waals surface area contributed by atoms with E-state index in [9.17, 15) is 9.59 Å². The smallest absolute Gasteiger partial charge is 0.237 e. The molecule has 0 unspecified atom stereocenters. The summed E-state index contributed by atoms with van der Waals surface area (Å²) in [5, 5.41) is 9.40. The van der Waals surface area contributed by atoms with Crippen molar-refractivity contribution in [2.75, 3.05) is 5.32 Å². The van der Waals surface area contributed by atoms with Crippen molar-refractivity contribution in [1.82, 2.24) is 10.6 Å². The molecule has 5 heteroatoms. The predicted molar refractivity (Wildman–Crippen MR) is 90.2 cm³/mol. The van der Waals surface area contributed by atoms with E-state index < -0.39 is 6.04 Å². The summed E-state index contributed by atoms with van der Waals surface area (Å²) in [5.41, 5.74) is 1.95. The number of benzene rings is 1. The summed E-state index contributed by atoms with van der Waals surface area (Å²) in [6, 6.07) is 7.90. The fraction of sp³-hybridized carbons (Fsp3) is 0.556. The Hall–Kier alpha value is -1.88. The molecule has 1 aromatic rings. The van der Waals surface area contributed by atoms with Crippen LogP contribution in [-0.4, -0.2) is 29.9 Å². The minimum atomic E-state index is -0.428. The predicted octanol–water partition coefficient (Wildman–Crippen LogP) is 1.98. The molecule has 124 valence electrons. The van der Waals surface area contributed by atoms with Crippen molar-refractivity contribution in [3.8, 4) is 0 Å². The van der Waals surface area contributed by atoms with Gasteiger partial charge in [-0.25, -0.2) is 0 Å². The van der Waals surface area contributed by atoms with Crippen molar-refractivity contribution in [2.24, 2.45) is 0 Å². The molecular weight excluding hydrogens is 290 g/mol. The standard InChI is InChI=1S/C18H25N3O2/c1-2-12-7-3-4-8-13(12)20-17(22)11-16-18(23)21-15-10-6-5-9-14(15)19-16/h3-4,7-8,14-16,19H,2,5-6,9-11H2,1H3,(H,20,22)(H,21,23)/t14-,15+,16-/m0/s1. The Bertz CT molecular complexity index is 587. The van der Waals surface area contributed by atoms with Crippen LogP contribution in [0.4, 0.5) is 5.69 Å². The molecule has 1 heterocycles. The Morgan fingerprint density at radius 1 is 1.22 bits per heavy atom. The monoisotopic (exact) mass is 315 g/mol. The third-order valence-electron chi connectivity index (χ3n) is 4.89. The molecule has 0 aromatic heterocycles. The molecule has 1 aliphatic heterocycles. The number of hydrogen-bond donors (Lipinski definition) is 3. The first-order chi connectivity index (χ1) is 11.2. The Morgan fingerprint density at radius 3 is 2.74 bits per heavy atom. The number of anilines is 1. The summed E-state index contributed by atoms with van der Waals surface area (Å²) in [7, 11) is 0. The summed E-state index contributed by atoms with van der Waals surface area (Å²) in [4.78, 5) is 24.5. The van der Waals surface area contributed by atoms with Gasteiger partial charge in [-0.3, -0.25) is 9.59 Å². The zero-order chi connectivity index (χ0) is 16.2. The Kier molecular flexibility index (Phi) is 4.96. The minimum Gasteiger partial charge on any atom is -0.350 e. The van der Waals surface area contributed by atoms with Crippen LogP contribution in [0.25, 0.3) is 0 Å².